The molecule has 4 saturated carbocycles. The Kier molecular flexibility index (Phi) is 5.52. The fraction of sp³-hybridized carbons (Fsp3) is 1.00. The molecule has 4 aliphatic carbocycles. The van der Waals surface area contributed by atoms with Gasteiger partial charge in [0.15, 0.2) is 11.6 Å². The molecule has 210 valence electrons. The van der Waals surface area contributed by atoms with Gasteiger partial charge in [0.05, 0.1) is 37.1 Å². The number of ether oxygens (including phenoxy) is 5. The van der Waals surface area contributed by atoms with Crippen LogP contribution in [0.25, 0.3) is 0 Å². The van der Waals surface area contributed by atoms with Crippen LogP contribution < -0.4 is 0 Å². The van der Waals surface area contributed by atoms with E-state index in [9.17, 15) is 5.11 Å². The Morgan fingerprint density at radius 2 is 1.43 bits per heavy atom. The maximum atomic E-state index is 11.3. The van der Waals surface area contributed by atoms with Crippen molar-refractivity contribution in [3.8, 4) is 0 Å². The summed E-state index contributed by atoms with van der Waals surface area (Å²) in [5, 5.41) is 11.3. The Labute approximate surface area is 223 Å². The van der Waals surface area contributed by atoms with E-state index in [1.165, 1.54) is 25.7 Å². The number of aliphatic hydroxyl groups excluding tert-OH is 1. The van der Waals surface area contributed by atoms with E-state index in [1.807, 2.05) is 0 Å². The van der Waals surface area contributed by atoms with E-state index in [-0.39, 0.29) is 46.8 Å². The van der Waals surface area contributed by atoms with Crippen LogP contribution in [-0.4, -0.2) is 59.9 Å². The fourth-order valence-corrected chi connectivity index (χ4v) is 11.3. The van der Waals surface area contributed by atoms with Gasteiger partial charge in [-0.05, 0) is 107 Å². The summed E-state index contributed by atoms with van der Waals surface area (Å²) < 4.78 is 32.1. The Bertz CT molecular complexity index is 927. The average molecular weight is 519 g/mol. The standard InChI is InChI=1S/C31H50O6/c1-17(25(32)26-27(2,3)37-26)19-8-9-20-18-15-31(33-12-13-34-31)24-14-22-23(36-28(4,5)35-22)16-30(24,7)21(18)10-11-29(19,20)6/h17-26,32H,8-16H2,1-7H3/t17-,18-,19+,20-,21-,22-,23+,24-,25+,26?,29+,30+/m0/s1. The molecule has 12 atom stereocenters. The van der Waals surface area contributed by atoms with Crippen molar-refractivity contribution in [3.63, 3.8) is 0 Å². The van der Waals surface area contributed by atoms with E-state index in [0.717, 1.165) is 19.3 Å². The predicted molar refractivity (Wildman–Crippen MR) is 139 cm³/mol. The number of rotatable bonds is 3. The fourth-order valence-electron chi connectivity index (χ4n) is 11.3. The largest absolute Gasteiger partial charge is 0.390 e. The van der Waals surface area contributed by atoms with E-state index in [1.54, 1.807) is 0 Å². The molecular weight excluding hydrogens is 468 g/mol. The van der Waals surface area contributed by atoms with Crippen LogP contribution in [0.4, 0.5) is 0 Å². The van der Waals surface area contributed by atoms with Gasteiger partial charge in [0, 0.05) is 12.3 Å². The van der Waals surface area contributed by atoms with Crippen LogP contribution in [0.5, 0.6) is 0 Å². The molecule has 0 aromatic heterocycles. The third-order valence-corrected chi connectivity index (χ3v) is 12.9. The summed E-state index contributed by atoms with van der Waals surface area (Å²) in [7, 11) is 0. The smallest absolute Gasteiger partial charge is 0.172 e. The highest BCUT2D eigenvalue weighted by atomic mass is 16.8. The predicted octanol–water partition coefficient (Wildman–Crippen LogP) is 5.30. The summed E-state index contributed by atoms with van der Waals surface area (Å²) in [6.45, 7) is 17.1. The monoisotopic (exact) mass is 518 g/mol. The highest BCUT2D eigenvalue weighted by Gasteiger charge is 2.70. The van der Waals surface area contributed by atoms with Gasteiger partial charge in [-0.3, -0.25) is 0 Å². The summed E-state index contributed by atoms with van der Waals surface area (Å²) in [5.41, 5.74) is 0.185. The van der Waals surface area contributed by atoms with Crippen molar-refractivity contribution in [1.29, 1.82) is 0 Å². The van der Waals surface area contributed by atoms with Gasteiger partial charge in [-0.25, -0.2) is 0 Å². The summed E-state index contributed by atoms with van der Waals surface area (Å²) in [5.74, 6) is 2.03. The van der Waals surface area contributed by atoms with Crippen molar-refractivity contribution in [2.24, 2.45) is 46.3 Å². The van der Waals surface area contributed by atoms with Crippen molar-refractivity contribution in [2.75, 3.05) is 13.2 Å². The molecule has 0 aromatic rings. The lowest BCUT2D eigenvalue weighted by molar-refractivity contribution is -0.301. The molecule has 37 heavy (non-hydrogen) atoms. The van der Waals surface area contributed by atoms with Gasteiger partial charge >= 0.3 is 0 Å². The van der Waals surface area contributed by atoms with E-state index in [4.69, 9.17) is 23.7 Å². The van der Waals surface area contributed by atoms with Gasteiger partial charge < -0.3 is 28.8 Å². The summed E-state index contributed by atoms with van der Waals surface area (Å²) in [6, 6.07) is 0. The van der Waals surface area contributed by atoms with Gasteiger partial charge in [-0.15, -0.1) is 0 Å². The number of hydrogen-bond acceptors (Lipinski definition) is 6. The van der Waals surface area contributed by atoms with Gasteiger partial charge in [0.2, 0.25) is 0 Å². The zero-order valence-corrected chi connectivity index (χ0v) is 24.1. The second-order valence-electron chi connectivity index (χ2n) is 15.5. The molecule has 3 saturated heterocycles. The molecule has 0 bridgehead atoms. The van der Waals surface area contributed by atoms with E-state index >= 15 is 0 Å². The third kappa shape index (κ3) is 3.58. The molecule has 0 radical (unpaired) electrons. The van der Waals surface area contributed by atoms with Crippen molar-refractivity contribution < 1.29 is 28.8 Å². The van der Waals surface area contributed by atoms with Crippen molar-refractivity contribution in [1.82, 2.24) is 0 Å². The number of aliphatic hydroxyl groups is 1. The zero-order valence-electron chi connectivity index (χ0n) is 24.1. The Morgan fingerprint density at radius 3 is 2.11 bits per heavy atom. The van der Waals surface area contributed by atoms with Crippen molar-refractivity contribution in [2.45, 2.75) is 135 Å². The minimum atomic E-state index is -0.510. The van der Waals surface area contributed by atoms with E-state index in [2.05, 4.69) is 48.5 Å². The second kappa shape index (κ2) is 7.94. The average Bonchev–Trinajstić information content (AvgIpc) is 3.16. The number of fused-ring (bicyclic) bond motifs is 7. The number of hydrogen-bond donors (Lipinski definition) is 1. The topological polar surface area (TPSA) is 69.7 Å². The van der Waals surface area contributed by atoms with Gasteiger partial charge in [0.1, 0.15) is 6.10 Å². The van der Waals surface area contributed by atoms with Crippen molar-refractivity contribution in [3.05, 3.63) is 0 Å². The highest BCUT2D eigenvalue weighted by Crippen LogP contribution is 2.71. The first kappa shape index (κ1) is 25.7. The molecule has 3 heterocycles. The van der Waals surface area contributed by atoms with Gasteiger partial charge in [-0.1, -0.05) is 20.8 Å². The normalized spacial score (nSPS) is 54.2. The lowest BCUT2D eigenvalue weighted by atomic mass is 9.42. The van der Waals surface area contributed by atoms with Gasteiger partial charge in [-0.2, -0.15) is 0 Å². The Hall–Kier alpha value is -0.240. The molecule has 6 nitrogen and oxygen atoms in total. The van der Waals surface area contributed by atoms with Crippen LogP contribution >= 0.6 is 0 Å². The third-order valence-electron chi connectivity index (χ3n) is 12.9. The molecule has 7 fully saturated rings. The number of epoxide rings is 1. The molecular formula is C31H50O6. The van der Waals surface area contributed by atoms with Crippen LogP contribution in [0.3, 0.4) is 0 Å². The van der Waals surface area contributed by atoms with Crippen LogP contribution in [0.1, 0.15) is 93.4 Å². The molecule has 7 rings (SSSR count). The molecule has 1 unspecified atom stereocenters. The van der Waals surface area contributed by atoms with Crippen LogP contribution in [0.15, 0.2) is 0 Å². The lowest BCUT2D eigenvalue weighted by Crippen LogP contribution is -2.65. The minimum absolute atomic E-state index is 0.0209. The molecule has 6 heteroatoms. The molecule has 1 spiro atoms. The summed E-state index contributed by atoms with van der Waals surface area (Å²) >= 11 is 0. The van der Waals surface area contributed by atoms with Crippen LogP contribution in [0.2, 0.25) is 0 Å². The highest BCUT2D eigenvalue weighted by molar-refractivity contribution is 5.16. The second-order valence-corrected chi connectivity index (χ2v) is 15.5. The lowest BCUT2D eigenvalue weighted by Gasteiger charge is -2.65. The molecule has 1 N–H and O–H groups in total. The van der Waals surface area contributed by atoms with Crippen LogP contribution in [-0.2, 0) is 23.7 Å². The minimum Gasteiger partial charge on any atom is -0.390 e. The first-order valence-corrected chi connectivity index (χ1v) is 15.3. The first-order valence-electron chi connectivity index (χ1n) is 15.3. The van der Waals surface area contributed by atoms with Crippen molar-refractivity contribution >= 4 is 0 Å². The summed E-state index contributed by atoms with van der Waals surface area (Å²) in [6.07, 6.45) is 7.89. The quantitative estimate of drug-likeness (QED) is 0.511. The maximum Gasteiger partial charge on any atom is 0.172 e. The molecule has 0 amide bonds. The first-order chi connectivity index (χ1) is 17.3. The Balaban J connectivity index is 1.19. The van der Waals surface area contributed by atoms with E-state index in [0.29, 0.717) is 42.8 Å². The molecule has 3 aliphatic heterocycles. The molecule has 7 aliphatic rings. The Morgan fingerprint density at radius 1 is 0.784 bits per heavy atom. The zero-order chi connectivity index (χ0) is 26.2. The summed E-state index contributed by atoms with van der Waals surface area (Å²) in [4.78, 5) is 0. The van der Waals surface area contributed by atoms with Gasteiger partial charge in [0.25, 0.3) is 0 Å². The van der Waals surface area contributed by atoms with Crippen LogP contribution in [0, 0.1) is 46.3 Å². The van der Waals surface area contributed by atoms with E-state index < -0.39 is 11.6 Å². The SMILES string of the molecule is C[C@@H]([C@H]1CC[C@H]2[C@@H]3CC4(OCCO4)[C@H]4C[C@@H]5OC(C)(C)O[C@@H]5C[C@]4(C)[C@H]3CC[C@]12C)[C@@H](O)C1OC1(C)C. The molecule has 0 aromatic carbocycles. The maximum absolute atomic E-state index is 11.3.